The summed E-state index contributed by atoms with van der Waals surface area (Å²) in [5, 5.41) is 21.4. The number of methoxy groups -OCH3 is 2. The van der Waals surface area contributed by atoms with E-state index >= 15 is 0 Å². The lowest BCUT2D eigenvalue weighted by Crippen LogP contribution is -2.41. The van der Waals surface area contributed by atoms with Crippen LogP contribution in [0.1, 0.15) is 11.1 Å². The summed E-state index contributed by atoms with van der Waals surface area (Å²) in [5.74, 6) is 0.737. The zero-order chi connectivity index (χ0) is 17.3. The van der Waals surface area contributed by atoms with E-state index in [1.165, 1.54) is 26.4 Å². The Hall–Kier alpha value is -1.33. The molecular weight excluding hydrogens is 363 g/mol. The lowest BCUT2D eigenvalue weighted by Gasteiger charge is -2.36. The predicted molar refractivity (Wildman–Crippen MR) is 90.9 cm³/mol. The fraction of sp³-hybridized carbons (Fsp3) is 0.250. The number of hydrogen-bond acceptors (Lipinski definition) is 4. The second kappa shape index (κ2) is 6.65. The predicted octanol–water partition coefficient (Wildman–Crippen LogP) is 4.02. The van der Waals surface area contributed by atoms with Crippen LogP contribution in [0.3, 0.4) is 0 Å². The van der Waals surface area contributed by atoms with Crippen molar-refractivity contribution in [3.05, 3.63) is 53.6 Å². The van der Waals surface area contributed by atoms with Gasteiger partial charge in [0.05, 0.1) is 14.2 Å². The highest BCUT2D eigenvalue weighted by molar-refractivity contribution is 6.68. The first-order valence-electron chi connectivity index (χ1n) is 6.55. The Morgan fingerprint density at radius 1 is 0.870 bits per heavy atom. The Morgan fingerprint density at radius 2 is 1.39 bits per heavy atom. The average Bonchev–Trinajstić information content (AvgIpc) is 2.53. The largest absolute Gasteiger partial charge is 0.507 e. The van der Waals surface area contributed by atoms with Gasteiger partial charge in [-0.05, 0) is 29.8 Å². The zero-order valence-electron chi connectivity index (χ0n) is 12.4. The van der Waals surface area contributed by atoms with Gasteiger partial charge in [0.2, 0.25) is 3.79 Å². The fourth-order valence-electron chi connectivity index (χ4n) is 2.25. The van der Waals surface area contributed by atoms with Gasteiger partial charge < -0.3 is 19.7 Å². The normalized spacial score (nSPS) is 14.2. The number of ether oxygens (including phenoxy) is 2. The third-order valence-corrected chi connectivity index (χ3v) is 4.33. The first-order valence-corrected chi connectivity index (χ1v) is 7.68. The van der Waals surface area contributed by atoms with Gasteiger partial charge in [-0.1, -0.05) is 46.9 Å². The van der Waals surface area contributed by atoms with E-state index in [0.29, 0.717) is 17.1 Å². The van der Waals surface area contributed by atoms with Crippen LogP contribution in [0.15, 0.2) is 42.5 Å². The van der Waals surface area contributed by atoms with Crippen LogP contribution in [0.2, 0.25) is 0 Å². The number of benzene rings is 2. The summed E-state index contributed by atoms with van der Waals surface area (Å²) in [6, 6.07) is 10.7. The van der Waals surface area contributed by atoms with E-state index in [2.05, 4.69) is 0 Å². The Labute approximate surface area is 149 Å². The van der Waals surface area contributed by atoms with E-state index in [4.69, 9.17) is 44.3 Å². The summed E-state index contributed by atoms with van der Waals surface area (Å²) in [4.78, 5) is 0. The number of halogens is 3. The van der Waals surface area contributed by atoms with Crippen molar-refractivity contribution in [2.75, 3.05) is 14.2 Å². The summed E-state index contributed by atoms with van der Waals surface area (Å²) < 4.78 is 7.98. The lowest BCUT2D eigenvalue weighted by atomic mass is 9.86. The molecule has 0 spiro atoms. The minimum atomic E-state index is -2.13. The highest BCUT2D eigenvalue weighted by Gasteiger charge is 2.51. The summed E-state index contributed by atoms with van der Waals surface area (Å²) in [5.41, 5.74) is -1.73. The molecule has 2 aromatic rings. The summed E-state index contributed by atoms with van der Waals surface area (Å²) >= 11 is 18.1. The highest BCUT2D eigenvalue weighted by atomic mass is 35.6. The van der Waals surface area contributed by atoms with Crippen LogP contribution in [0.5, 0.6) is 17.2 Å². The zero-order valence-corrected chi connectivity index (χ0v) is 14.7. The SMILES string of the molecule is COc1ccc(C(O)(c2ccc(OC)cc2O)C(Cl)(Cl)Cl)cc1. The molecule has 124 valence electrons. The molecule has 23 heavy (non-hydrogen) atoms. The van der Waals surface area contributed by atoms with E-state index in [1.807, 2.05) is 0 Å². The molecule has 2 rings (SSSR count). The van der Waals surface area contributed by atoms with Crippen LogP contribution < -0.4 is 9.47 Å². The number of phenolic OH excluding ortho intramolecular Hbond substituents is 1. The van der Waals surface area contributed by atoms with Crippen LogP contribution in [-0.2, 0) is 5.60 Å². The molecule has 0 saturated carbocycles. The van der Waals surface area contributed by atoms with Gasteiger partial charge in [0, 0.05) is 11.6 Å². The first kappa shape index (κ1) is 18.0. The molecule has 4 nitrogen and oxygen atoms in total. The molecule has 0 bridgehead atoms. The molecule has 0 saturated heterocycles. The van der Waals surface area contributed by atoms with Crippen molar-refractivity contribution >= 4 is 34.8 Å². The molecule has 2 N–H and O–H groups in total. The van der Waals surface area contributed by atoms with Crippen molar-refractivity contribution in [2.24, 2.45) is 0 Å². The number of hydrogen-bond donors (Lipinski definition) is 2. The van der Waals surface area contributed by atoms with Crippen LogP contribution in [0.4, 0.5) is 0 Å². The molecule has 0 aliphatic carbocycles. The van der Waals surface area contributed by atoms with Crippen molar-refractivity contribution in [1.29, 1.82) is 0 Å². The minimum Gasteiger partial charge on any atom is -0.507 e. The van der Waals surface area contributed by atoms with Crippen LogP contribution in [0, 0.1) is 0 Å². The number of phenols is 1. The molecule has 2 aromatic carbocycles. The van der Waals surface area contributed by atoms with Gasteiger partial charge in [0.15, 0.2) is 5.60 Å². The van der Waals surface area contributed by atoms with E-state index in [9.17, 15) is 10.2 Å². The number of aromatic hydroxyl groups is 1. The molecule has 7 heteroatoms. The summed E-state index contributed by atoms with van der Waals surface area (Å²) in [6.45, 7) is 0. The molecule has 1 unspecified atom stereocenters. The molecule has 0 heterocycles. The molecule has 0 fully saturated rings. The Morgan fingerprint density at radius 3 is 1.83 bits per heavy atom. The average molecular weight is 378 g/mol. The third-order valence-electron chi connectivity index (χ3n) is 3.51. The van der Waals surface area contributed by atoms with Gasteiger partial charge in [-0.3, -0.25) is 0 Å². The minimum absolute atomic E-state index is 0.0449. The van der Waals surface area contributed by atoms with Crippen LogP contribution >= 0.6 is 34.8 Å². The molecule has 0 aliphatic rings. The fourth-order valence-corrected chi connectivity index (χ4v) is 2.88. The number of rotatable bonds is 4. The maximum absolute atomic E-state index is 11.2. The second-order valence-corrected chi connectivity index (χ2v) is 7.10. The maximum Gasteiger partial charge on any atom is 0.227 e. The van der Waals surface area contributed by atoms with Gasteiger partial charge in [-0.25, -0.2) is 0 Å². The smallest absolute Gasteiger partial charge is 0.227 e. The number of alkyl halides is 3. The topological polar surface area (TPSA) is 58.9 Å². The van der Waals surface area contributed by atoms with Gasteiger partial charge in [-0.15, -0.1) is 0 Å². The van der Waals surface area contributed by atoms with E-state index in [1.54, 1.807) is 30.3 Å². The van der Waals surface area contributed by atoms with Gasteiger partial charge in [0.1, 0.15) is 17.2 Å². The highest BCUT2D eigenvalue weighted by Crippen LogP contribution is 2.51. The second-order valence-electron chi connectivity index (χ2n) is 4.82. The number of aliphatic hydroxyl groups is 1. The molecule has 0 amide bonds. The molecular formula is C16H15Cl3O4. The van der Waals surface area contributed by atoms with Crippen molar-refractivity contribution in [1.82, 2.24) is 0 Å². The quantitative estimate of drug-likeness (QED) is 0.790. The Balaban J connectivity index is 2.64. The third kappa shape index (κ3) is 3.31. The van der Waals surface area contributed by atoms with Crippen molar-refractivity contribution in [3.63, 3.8) is 0 Å². The monoisotopic (exact) mass is 376 g/mol. The first-order chi connectivity index (χ1) is 10.7. The van der Waals surface area contributed by atoms with Crippen molar-refractivity contribution in [2.45, 2.75) is 9.39 Å². The van der Waals surface area contributed by atoms with Gasteiger partial charge in [0.25, 0.3) is 0 Å². The van der Waals surface area contributed by atoms with E-state index in [0.717, 1.165) is 0 Å². The Kier molecular flexibility index (Phi) is 5.21. The standard InChI is InChI=1S/C16H15Cl3O4/c1-22-11-5-3-10(4-6-11)15(21,16(17,18)19)13-8-7-12(23-2)9-14(13)20/h3-9,20-21H,1-2H3. The van der Waals surface area contributed by atoms with E-state index < -0.39 is 9.39 Å². The van der Waals surface area contributed by atoms with Crippen molar-refractivity contribution in [3.8, 4) is 17.2 Å². The molecule has 0 radical (unpaired) electrons. The molecule has 0 aromatic heterocycles. The van der Waals surface area contributed by atoms with Gasteiger partial charge >= 0.3 is 0 Å². The lowest BCUT2D eigenvalue weighted by molar-refractivity contribution is 0.0820. The van der Waals surface area contributed by atoms with Crippen molar-refractivity contribution < 1.29 is 19.7 Å². The summed E-state index contributed by atoms with van der Waals surface area (Å²) in [7, 11) is 2.98. The van der Waals surface area contributed by atoms with Crippen LogP contribution in [0.25, 0.3) is 0 Å². The Bertz CT molecular complexity index is 683. The maximum atomic E-state index is 11.2. The molecule has 1 atom stereocenters. The van der Waals surface area contributed by atoms with Crippen LogP contribution in [-0.4, -0.2) is 28.2 Å². The molecule has 0 aliphatic heterocycles. The van der Waals surface area contributed by atoms with Gasteiger partial charge in [-0.2, -0.15) is 0 Å². The summed E-state index contributed by atoms with van der Waals surface area (Å²) in [6.07, 6.45) is 0. The van der Waals surface area contributed by atoms with E-state index in [-0.39, 0.29) is 11.3 Å².